The molecular formula is C12H16O5. The van der Waals surface area contributed by atoms with Crippen LogP contribution in [0.4, 0.5) is 0 Å². The van der Waals surface area contributed by atoms with Gasteiger partial charge in [0.15, 0.2) is 24.1 Å². The first kappa shape index (κ1) is 13.3. The van der Waals surface area contributed by atoms with Crippen LogP contribution in [0.15, 0.2) is 12.1 Å². The van der Waals surface area contributed by atoms with Gasteiger partial charge in [-0.2, -0.15) is 0 Å². The van der Waals surface area contributed by atoms with Crippen LogP contribution in [0.1, 0.15) is 23.7 Å². The number of ketones is 1. The molecule has 0 spiro atoms. The van der Waals surface area contributed by atoms with Crippen LogP contribution in [0, 0.1) is 0 Å². The first-order chi connectivity index (χ1) is 8.15. The summed E-state index contributed by atoms with van der Waals surface area (Å²) < 4.78 is 15.0. The number of carbonyl (C=O) groups excluding carboxylic acids is 1. The van der Waals surface area contributed by atoms with Crippen LogP contribution in [0.3, 0.4) is 0 Å². The Bertz CT molecular complexity index is 400. The van der Waals surface area contributed by atoms with Crippen molar-refractivity contribution in [1.82, 2.24) is 0 Å². The number of phenols is 1. The van der Waals surface area contributed by atoms with E-state index in [9.17, 15) is 9.90 Å². The molecule has 0 aromatic heterocycles. The maximum atomic E-state index is 11.5. The predicted octanol–water partition coefficient (Wildman–Crippen LogP) is 1.98. The first-order valence-corrected chi connectivity index (χ1v) is 5.20. The fourth-order valence-electron chi connectivity index (χ4n) is 1.40. The Morgan fingerprint density at radius 1 is 1.35 bits per heavy atom. The number of aromatic hydroxyl groups is 1. The molecule has 1 aromatic rings. The SMILES string of the molecule is CCC(=O)c1ccc(OCOC)c(OC)c1O. The minimum Gasteiger partial charge on any atom is -0.504 e. The molecule has 0 saturated carbocycles. The van der Waals surface area contributed by atoms with Crippen molar-refractivity contribution >= 4 is 5.78 Å². The van der Waals surface area contributed by atoms with Gasteiger partial charge in [-0.05, 0) is 12.1 Å². The molecule has 17 heavy (non-hydrogen) atoms. The quantitative estimate of drug-likeness (QED) is 0.608. The van der Waals surface area contributed by atoms with Crippen LogP contribution in [0.2, 0.25) is 0 Å². The number of benzene rings is 1. The molecule has 0 aliphatic rings. The summed E-state index contributed by atoms with van der Waals surface area (Å²) in [5, 5.41) is 9.90. The highest BCUT2D eigenvalue weighted by molar-refractivity contribution is 5.99. The standard InChI is InChI=1S/C12H16O5/c1-4-9(13)8-5-6-10(17-7-15-2)12(16-3)11(8)14/h5-6,14H,4,7H2,1-3H3. The van der Waals surface area contributed by atoms with Crippen LogP contribution in [0.25, 0.3) is 0 Å². The maximum Gasteiger partial charge on any atom is 0.203 e. The topological polar surface area (TPSA) is 65.0 Å². The number of carbonyl (C=O) groups is 1. The van der Waals surface area contributed by atoms with Gasteiger partial charge in [0.1, 0.15) is 0 Å². The van der Waals surface area contributed by atoms with E-state index in [0.29, 0.717) is 12.2 Å². The van der Waals surface area contributed by atoms with Gasteiger partial charge in [-0.1, -0.05) is 6.92 Å². The highest BCUT2D eigenvalue weighted by atomic mass is 16.7. The van der Waals surface area contributed by atoms with E-state index in [0.717, 1.165) is 0 Å². The maximum absolute atomic E-state index is 11.5. The molecule has 0 aliphatic heterocycles. The van der Waals surface area contributed by atoms with Crippen molar-refractivity contribution in [3.05, 3.63) is 17.7 Å². The molecule has 1 N–H and O–H groups in total. The van der Waals surface area contributed by atoms with Gasteiger partial charge in [0.25, 0.3) is 0 Å². The predicted molar refractivity (Wildman–Crippen MR) is 61.8 cm³/mol. The van der Waals surface area contributed by atoms with Crippen molar-refractivity contribution in [1.29, 1.82) is 0 Å². The second-order valence-electron chi connectivity index (χ2n) is 3.32. The van der Waals surface area contributed by atoms with Crippen LogP contribution in [-0.4, -0.2) is 31.9 Å². The zero-order valence-electron chi connectivity index (χ0n) is 10.1. The third kappa shape index (κ3) is 2.88. The van der Waals surface area contributed by atoms with Crippen molar-refractivity contribution in [3.63, 3.8) is 0 Å². The number of ether oxygens (including phenoxy) is 3. The summed E-state index contributed by atoms with van der Waals surface area (Å²) in [6.07, 6.45) is 0.314. The van der Waals surface area contributed by atoms with Gasteiger partial charge < -0.3 is 19.3 Å². The van der Waals surface area contributed by atoms with E-state index in [1.807, 2.05) is 0 Å². The van der Waals surface area contributed by atoms with Crippen molar-refractivity contribution < 1.29 is 24.1 Å². The zero-order chi connectivity index (χ0) is 12.8. The van der Waals surface area contributed by atoms with E-state index in [2.05, 4.69) is 0 Å². The fraction of sp³-hybridized carbons (Fsp3) is 0.417. The Kier molecular flexibility index (Phi) is 4.78. The van der Waals surface area contributed by atoms with Gasteiger partial charge >= 0.3 is 0 Å². The van der Waals surface area contributed by atoms with E-state index >= 15 is 0 Å². The molecule has 0 radical (unpaired) electrons. The molecule has 0 aliphatic carbocycles. The molecule has 1 rings (SSSR count). The first-order valence-electron chi connectivity index (χ1n) is 5.20. The van der Waals surface area contributed by atoms with Crippen LogP contribution in [-0.2, 0) is 4.74 Å². The van der Waals surface area contributed by atoms with E-state index in [1.165, 1.54) is 20.3 Å². The Balaban J connectivity index is 3.12. The summed E-state index contributed by atoms with van der Waals surface area (Å²) in [5.41, 5.74) is 0.231. The lowest BCUT2D eigenvalue weighted by Crippen LogP contribution is -2.03. The number of hydrogen-bond acceptors (Lipinski definition) is 5. The summed E-state index contributed by atoms with van der Waals surface area (Å²) in [6, 6.07) is 3.08. The fourth-order valence-corrected chi connectivity index (χ4v) is 1.40. The van der Waals surface area contributed by atoms with Crippen molar-refractivity contribution in [2.45, 2.75) is 13.3 Å². The van der Waals surface area contributed by atoms with Crippen molar-refractivity contribution in [2.24, 2.45) is 0 Å². The highest BCUT2D eigenvalue weighted by Crippen LogP contribution is 2.39. The molecule has 0 fully saturated rings. The Morgan fingerprint density at radius 2 is 2.06 bits per heavy atom. The summed E-state index contributed by atoms with van der Waals surface area (Å²) in [6.45, 7) is 1.76. The average Bonchev–Trinajstić information content (AvgIpc) is 2.35. The van der Waals surface area contributed by atoms with Gasteiger partial charge in [0, 0.05) is 13.5 Å². The van der Waals surface area contributed by atoms with Gasteiger partial charge in [0.05, 0.1) is 12.7 Å². The minimum atomic E-state index is -0.201. The number of methoxy groups -OCH3 is 2. The monoisotopic (exact) mass is 240 g/mol. The number of phenolic OH excluding ortho intramolecular Hbond substituents is 1. The summed E-state index contributed by atoms with van der Waals surface area (Å²) in [5.74, 6) is 0.118. The van der Waals surface area contributed by atoms with Crippen LogP contribution >= 0.6 is 0 Å². The number of hydrogen-bond donors (Lipinski definition) is 1. The average molecular weight is 240 g/mol. The van der Waals surface area contributed by atoms with Gasteiger partial charge in [0.2, 0.25) is 5.75 Å². The lowest BCUT2D eigenvalue weighted by Gasteiger charge is -2.13. The zero-order valence-corrected chi connectivity index (χ0v) is 10.1. The van der Waals surface area contributed by atoms with Crippen LogP contribution in [0.5, 0.6) is 17.2 Å². The van der Waals surface area contributed by atoms with E-state index in [1.54, 1.807) is 13.0 Å². The van der Waals surface area contributed by atoms with Crippen molar-refractivity contribution in [3.8, 4) is 17.2 Å². The minimum absolute atomic E-state index is 0.0386. The number of Topliss-reactive ketones (excluding diaryl/α,β-unsaturated/α-hetero) is 1. The molecule has 94 valence electrons. The molecule has 0 amide bonds. The normalized spacial score (nSPS) is 10.1. The smallest absolute Gasteiger partial charge is 0.203 e. The lowest BCUT2D eigenvalue weighted by molar-refractivity contribution is 0.0489. The summed E-state index contributed by atoms with van der Waals surface area (Å²) in [7, 11) is 2.89. The Hall–Kier alpha value is -1.75. The van der Waals surface area contributed by atoms with Gasteiger partial charge in [-0.25, -0.2) is 0 Å². The molecule has 0 heterocycles. The second-order valence-corrected chi connectivity index (χ2v) is 3.32. The molecule has 0 unspecified atom stereocenters. The molecular weight excluding hydrogens is 224 g/mol. The molecule has 0 bridgehead atoms. The Morgan fingerprint density at radius 3 is 2.59 bits per heavy atom. The van der Waals surface area contributed by atoms with E-state index < -0.39 is 0 Å². The van der Waals surface area contributed by atoms with Gasteiger partial charge in [-0.3, -0.25) is 4.79 Å². The Labute approximate surface area is 99.9 Å². The van der Waals surface area contributed by atoms with Crippen LogP contribution < -0.4 is 9.47 Å². The second kappa shape index (κ2) is 6.10. The van der Waals surface area contributed by atoms with Gasteiger partial charge in [-0.15, -0.1) is 0 Å². The lowest BCUT2D eigenvalue weighted by atomic mass is 10.1. The number of rotatable bonds is 6. The van der Waals surface area contributed by atoms with E-state index in [-0.39, 0.29) is 29.6 Å². The van der Waals surface area contributed by atoms with E-state index in [4.69, 9.17) is 14.2 Å². The largest absolute Gasteiger partial charge is 0.504 e. The van der Waals surface area contributed by atoms with Crippen molar-refractivity contribution in [2.75, 3.05) is 21.0 Å². The summed E-state index contributed by atoms with van der Waals surface area (Å²) in [4.78, 5) is 11.5. The highest BCUT2D eigenvalue weighted by Gasteiger charge is 2.18. The third-order valence-corrected chi connectivity index (χ3v) is 2.25. The molecule has 1 aromatic carbocycles. The molecule has 5 nitrogen and oxygen atoms in total. The summed E-state index contributed by atoms with van der Waals surface area (Å²) >= 11 is 0. The molecule has 0 atom stereocenters. The molecule has 5 heteroatoms. The molecule has 0 saturated heterocycles. The third-order valence-electron chi connectivity index (χ3n) is 2.25.